The van der Waals surface area contributed by atoms with Crippen LogP contribution in [0, 0.1) is 0 Å². The molecule has 1 atom stereocenters. The summed E-state index contributed by atoms with van der Waals surface area (Å²) in [6, 6.07) is 6.53. The Balaban J connectivity index is 2.35. The molecular weight excluding hydrogens is 254 g/mol. The maximum absolute atomic E-state index is 12.4. The Labute approximate surface area is 107 Å². The number of aliphatic hydroxyl groups is 1. The van der Waals surface area contributed by atoms with E-state index >= 15 is 0 Å². The number of ether oxygens (including phenoxy) is 1. The molecule has 100 valence electrons. The van der Waals surface area contributed by atoms with Crippen LogP contribution in [0.15, 0.2) is 29.2 Å². The molecule has 5 nitrogen and oxygen atoms in total. The number of methoxy groups -OCH3 is 1. The van der Waals surface area contributed by atoms with Crippen molar-refractivity contribution in [3.63, 3.8) is 0 Å². The van der Waals surface area contributed by atoms with Crippen LogP contribution in [0.5, 0.6) is 5.75 Å². The molecule has 0 spiro atoms. The van der Waals surface area contributed by atoms with Gasteiger partial charge >= 0.3 is 0 Å². The van der Waals surface area contributed by atoms with E-state index in [2.05, 4.69) is 0 Å². The van der Waals surface area contributed by atoms with Gasteiger partial charge in [-0.3, -0.25) is 0 Å². The highest BCUT2D eigenvalue weighted by Crippen LogP contribution is 2.27. The zero-order valence-corrected chi connectivity index (χ0v) is 11.1. The predicted octanol–water partition coefficient (Wildman–Crippen LogP) is 0.841. The molecule has 1 fully saturated rings. The third kappa shape index (κ3) is 2.50. The van der Waals surface area contributed by atoms with E-state index in [1.807, 2.05) is 0 Å². The average molecular weight is 271 g/mol. The van der Waals surface area contributed by atoms with Crippen molar-refractivity contribution in [2.24, 2.45) is 0 Å². The van der Waals surface area contributed by atoms with Crippen molar-refractivity contribution in [2.75, 3.05) is 20.2 Å². The van der Waals surface area contributed by atoms with E-state index in [9.17, 15) is 13.5 Å². The largest absolute Gasteiger partial charge is 0.495 e. The number of hydrogen-bond donors (Lipinski definition) is 1. The summed E-state index contributed by atoms with van der Waals surface area (Å²) < 4.78 is 31.3. The first-order valence-electron chi connectivity index (χ1n) is 5.87. The normalized spacial score (nSPS) is 21.8. The second-order valence-corrected chi connectivity index (χ2v) is 6.22. The van der Waals surface area contributed by atoms with E-state index in [0.717, 1.165) is 0 Å². The van der Waals surface area contributed by atoms with Gasteiger partial charge in [-0.2, -0.15) is 4.31 Å². The Kier molecular flexibility index (Phi) is 3.89. The van der Waals surface area contributed by atoms with Crippen LogP contribution in [-0.2, 0) is 10.0 Å². The first-order valence-corrected chi connectivity index (χ1v) is 7.31. The fourth-order valence-corrected chi connectivity index (χ4v) is 3.78. The Hall–Kier alpha value is -1.11. The molecular formula is C12H17NO4S. The smallest absolute Gasteiger partial charge is 0.246 e. The second-order valence-electron chi connectivity index (χ2n) is 4.31. The standard InChI is InChI=1S/C12H17NO4S/c1-17-11-6-2-3-7-12(11)18(15,16)13-8-4-5-10(14)9-13/h2-3,6-7,10,14H,4-5,8-9H2,1H3/t10-/m0/s1. The highest BCUT2D eigenvalue weighted by Gasteiger charge is 2.31. The molecule has 18 heavy (non-hydrogen) atoms. The molecule has 0 aliphatic carbocycles. The van der Waals surface area contributed by atoms with Crippen LogP contribution >= 0.6 is 0 Å². The molecule has 1 aliphatic heterocycles. The molecule has 0 amide bonds. The van der Waals surface area contributed by atoms with Gasteiger partial charge in [0.25, 0.3) is 0 Å². The summed E-state index contributed by atoms with van der Waals surface area (Å²) in [6.45, 7) is 0.595. The van der Waals surface area contributed by atoms with Crippen LogP contribution in [-0.4, -0.2) is 44.1 Å². The van der Waals surface area contributed by atoms with Crippen molar-refractivity contribution in [3.05, 3.63) is 24.3 Å². The van der Waals surface area contributed by atoms with E-state index in [4.69, 9.17) is 4.74 Å². The topological polar surface area (TPSA) is 66.8 Å². The Morgan fingerprint density at radius 1 is 1.39 bits per heavy atom. The van der Waals surface area contributed by atoms with Gasteiger partial charge in [-0.25, -0.2) is 8.42 Å². The molecule has 1 heterocycles. The third-order valence-corrected chi connectivity index (χ3v) is 4.95. The molecule has 6 heteroatoms. The number of hydrogen-bond acceptors (Lipinski definition) is 4. The first kappa shape index (κ1) is 13.3. The van der Waals surface area contributed by atoms with Gasteiger partial charge in [-0.1, -0.05) is 12.1 Å². The van der Waals surface area contributed by atoms with Crippen LogP contribution in [0.4, 0.5) is 0 Å². The van der Waals surface area contributed by atoms with Crippen LogP contribution < -0.4 is 4.74 Å². The summed E-state index contributed by atoms with van der Waals surface area (Å²) in [7, 11) is -2.15. The van der Waals surface area contributed by atoms with Gasteiger partial charge in [-0.05, 0) is 25.0 Å². The van der Waals surface area contributed by atoms with Crippen molar-refractivity contribution in [3.8, 4) is 5.75 Å². The summed E-state index contributed by atoms with van der Waals surface area (Å²) in [5.74, 6) is 0.331. The first-order chi connectivity index (χ1) is 8.55. The van der Waals surface area contributed by atoms with Gasteiger partial charge < -0.3 is 9.84 Å². The van der Waals surface area contributed by atoms with Crippen LogP contribution in [0.1, 0.15) is 12.8 Å². The molecule has 0 aromatic heterocycles. The number of aliphatic hydroxyl groups excluding tert-OH is 1. The van der Waals surface area contributed by atoms with Crippen molar-refractivity contribution in [2.45, 2.75) is 23.8 Å². The molecule has 1 aromatic rings. The van der Waals surface area contributed by atoms with E-state index < -0.39 is 16.1 Å². The third-order valence-electron chi connectivity index (χ3n) is 3.05. The minimum atomic E-state index is -3.59. The molecule has 1 aliphatic rings. The Morgan fingerprint density at radius 2 is 2.11 bits per heavy atom. The number of sulfonamides is 1. The summed E-state index contributed by atoms with van der Waals surface area (Å²) in [5.41, 5.74) is 0. The number of para-hydroxylation sites is 1. The fraction of sp³-hybridized carbons (Fsp3) is 0.500. The number of β-amino-alcohol motifs (C(OH)–C–C–N with tert-alkyl or cyclic N) is 1. The molecule has 0 radical (unpaired) electrons. The Morgan fingerprint density at radius 3 is 2.78 bits per heavy atom. The highest BCUT2D eigenvalue weighted by molar-refractivity contribution is 7.89. The number of piperidine rings is 1. The Bertz CT molecular complexity index is 515. The molecule has 1 N–H and O–H groups in total. The van der Waals surface area contributed by atoms with Gasteiger partial charge in [0.15, 0.2) is 0 Å². The minimum absolute atomic E-state index is 0.153. The van der Waals surface area contributed by atoms with Gasteiger partial charge in [0.05, 0.1) is 13.2 Å². The lowest BCUT2D eigenvalue weighted by molar-refractivity contribution is 0.108. The van der Waals surface area contributed by atoms with E-state index in [-0.39, 0.29) is 11.4 Å². The van der Waals surface area contributed by atoms with Gasteiger partial charge in [0.1, 0.15) is 10.6 Å². The predicted molar refractivity (Wildman–Crippen MR) is 67.0 cm³/mol. The lowest BCUT2D eigenvalue weighted by Gasteiger charge is -2.29. The number of nitrogens with zero attached hydrogens (tertiary/aromatic N) is 1. The van der Waals surface area contributed by atoms with E-state index in [1.54, 1.807) is 18.2 Å². The average Bonchev–Trinajstić information content (AvgIpc) is 2.38. The summed E-state index contributed by atoms with van der Waals surface area (Å²) in [5, 5.41) is 9.58. The molecule has 2 rings (SSSR count). The number of rotatable bonds is 3. The van der Waals surface area contributed by atoms with Crippen LogP contribution in [0.2, 0.25) is 0 Å². The van der Waals surface area contributed by atoms with Crippen LogP contribution in [0.3, 0.4) is 0 Å². The van der Waals surface area contributed by atoms with Crippen LogP contribution in [0.25, 0.3) is 0 Å². The summed E-state index contributed by atoms with van der Waals surface area (Å²) in [4.78, 5) is 0.154. The zero-order chi connectivity index (χ0) is 13.2. The lowest BCUT2D eigenvalue weighted by Crippen LogP contribution is -2.42. The van der Waals surface area contributed by atoms with Crippen molar-refractivity contribution >= 4 is 10.0 Å². The van der Waals surface area contributed by atoms with E-state index in [0.29, 0.717) is 25.1 Å². The van der Waals surface area contributed by atoms with Gasteiger partial charge in [-0.15, -0.1) is 0 Å². The second kappa shape index (κ2) is 5.26. The molecule has 0 bridgehead atoms. The summed E-state index contributed by atoms with van der Waals surface area (Å²) in [6.07, 6.45) is 0.747. The van der Waals surface area contributed by atoms with Crippen molar-refractivity contribution in [1.29, 1.82) is 0 Å². The highest BCUT2D eigenvalue weighted by atomic mass is 32.2. The fourth-order valence-electron chi connectivity index (χ4n) is 2.11. The maximum atomic E-state index is 12.4. The SMILES string of the molecule is COc1ccccc1S(=O)(=O)N1CCC[C@H](O)C1. The van der Waals surface area contributed by atoms with Gasteiger partial charge in [0.2, 0.25) is 10.0 Å². The monoisotopic (exact) mass is 271 g/mol. The maximum Gasteiger partial charge on any atom is 0.246 e. The molecule has 1 saturated heterocycles. The zero-order valence-electron chi connectivity index (χ0n) is 10.2. The summed E-state index contributed by atoms with van der Waals surface area (Å²) >= 11 is 0. The lowest BCUT2D eigenvalue weighted by atomic mass is 10.1. The van der Waals surface area contributed by atoms with E-state index in [1.165, 1.54) is 17.5 Å². The van der Waals surface area contributed by atoms with Crippen molar-refractivity contribution in [1.82, 2.24) is 4.31 Å². The van der Waals surface area contributed by atoms with Crippen molar-refractivity contribution < 1.29 is 18.3 Å². The van der Waals surface area contributed by atoms with Gasteiger partial charge in [0, 0.05) is 13.1 Å². The molecule has 0 saturated carbocycles. The molecule has 1 aromatic carbocycles. The molecule has 0 unspecified atom stereocenters. The number of benzene rings is 1. The quantitative estimate of drug-likeness (QED) is 0.884. The minimum Gasteiger partial charge on any atom is -0.495 e.